The Labute approximate surface area is 120 Å². The first kappa shape index (κ1) is 11.6. The molecule has 0 radical (unpaired) electrons. The highest BCUT2D eigenvalue weighted by Gasteiger charge is 2.11. The number of nitrogens with zero attached hydrogens (tertiary/aromatic N) is 2. The molecule has 96 valence electrons. The van der Waals surface area contributed by atoms with Gasteiger partial charge in [-0.3, -0.25) is 0 Å². The van der Waals surface area contributed by atoms with Gasteiger partial charge in [-0.1, -0.05) is 36.4 Å². The third-order valence-corrected chi connectivity index (χ3v) is 4.61. The van der Waals surface area contributed by atoms with E-state index in [4.69, 9.17) is 0 Å². The highest BCUT2D eigenvalue weighted by atomic mass is 32.1. The lowest BCUT2D eigenvalue weighted by molar-refractivity contribution is 1.23. The molecule has 2 aromatic heterocycles. The summed E-state index contributed by atoms with van der Waals surface area (Å²) in [6.07, 6.45) is 1.65. The van der Waals surface area contributed by atoms with Crippen molar-refractivity contribution < 1.29 is 0 Å². The number of aromatic nitrogens is 2. The van der Waals surface area contributed by atoms with Crippen LogP contribution in [0.15, 0.2) is 54.2 Å². The summed E-state index contributed by atoms with van der Waals surface area (Å²) in [5, 5.41) is 4.62. The van der Waals surface area contributed by atoms with Gasteiger partial charge in [0.25, 0.3) is 0 Å². The van der Waals surface area contributed by atoms with Gasteiger partial charge in [-0.15, -0.1) is 11.3 Å². The molecule has 2 nitrogen and oxygen atoms in total. The van der Waals surface area contributed by atoms with Crippen LogP contribution in [0.2, 0.25) is 0 Å². The molecule has 0 spiro atoms. The molecule has 0 aliphatic heterocycles. The highest BCUT2D eigenvalue weighted by molar-refractivity contribution is 7.17. The summed E-state index contributed by atoms with van der Waals surface area (Å²) in [6, 6.07) is 14.8. The Morgan fingerprint density at radius 2 is 1.85 bits per heavy atom. The number of fused-ring (bicyclic) bond motifs is 2. The van der Waals surface area contributed by atoms with Crippen LogP contribution in [0.25, 0.3) is 32.2 Å². The van der Waals surface area contributed by atoms with Crippen molar-refractivity contribution in [3.8, 4) is 11.3 Å². The van der Waals surface area contributed by atoms with Gasteiger partial charge in [0.05, 0.1) is 15.9 Å². The standard InChI is InChI=1S/C17H12N2S/c1-11-13-5-3-2-4-12(13)6-7-14(11)16-17-15(8-9-20-17)18-10-19-16/h2-10H,1H3. The van der Waals surface area contributed by atoms with E-state index in [-0.39, 0.29) is 0 Å². The van der Waals surface area contributed by atoms with Gasteiger partial charge in [-0.05, 0) is 34.7 Å². The Morgan fingerprint density at radius 3 is 2.80 bits per heavy atom. The van der Waals surface area contributed by atoms with Crippen LogP contribution in [0.3, 0.4) is 0 Å². The van der Waals surface area contributed by atoms with Crippen LogP contribution < -0.4 is 0 Å². The summed E-state index contributed by atoms with van der Waals surface area (Å²) in [5.41, 5.74) is 4.52. The summed E-state index contributed by atoms with van der Waals surface area (Å²) < 4.78 is 1.16. The fourth-order valence-electron chi connectivity index (χ4n) is 2.66. The molecule has 0 aliphatic rings. The van der Waals surface area contributed by atoms with E-state index >= 15 is 0 Å². The molecular formula is C17H12N2S. The van der Waals surface area contributed by atoms with Crippen molar-refractivity contribution in [3.05, 3.63) is 59.7 Å². The number of benzene rings is 2. The van der Waals surface area contributed by atoms with Gasteiger partial charge in [0.2, 0.25) is 0 Å². The van der Waals surface area contributed by atoms with Crippen LogP contribution in [0, 0.1) is 6.92 Å². The van der Waals surface area contributed by atoms with Crippen molar-refractivity contribution in [1.29, 1.82) is 0 Å². The van der Waals surface area contributed by atoms with E-state index < -0.39 is 0 Å². The highest BCUT2D eigenvalue weighted by Crippen LogP contribution is 2.34. The smallest absolute Gasteiger partial charge is 0.116 e. The van der Waals surface area contributed by atoms with Crippen molar-refractivity contribution in [1.82, 2.24) is 9.97 Å². The van der Waals surface area contributed by atoms with E-state index in [9.17, 15) is 0 Å². The molecule has 2 heterocycles. The molecule has 0 N–H and O–H groups in total. The number of hydrogen-bond donors (Lipinski definition) is 0. The van der Waals surface area contributed by atoms with E-state index in [1.54, 1.807) is 17.7 Å². The van der Waals surface area contributed by atoms with E-state index in [0.29, 0.717) is 0 Å². The van der Waals surface area contributed by atoms with Crippen molar-refractivity contribution in [2.75, 3.05) is 0 Å². The zero-order valence-corrected chi connectivity index (χ0v) is 11.8. The first-order valence-electron chi connectivity index (χ1n) is 6.51. The van der Waals surface area contributed by atoms with Gasteiger partial charge in [0, 0.05) is 5.56 Å². The molecule has 4 aromatic rings. The average molecular weight is 276 g/mol. The van der Waals surface area contributed by atoms with Crippen LogP contribution in [0.4, 0.5) is 0 Å². The molecule has 0 saturated heterocycles. The number of hydrogen-bond acceptors (Lipinski definition) is 3. The van der Waals surface area contributed by atoms with Crippen LogP contribution in [-0.2, 0) is 0 Å². The van der Waals surface area contributed by atoms with Crippen molar-refractivity contribution in [3.63, 3.8) is 0 Å². The molecule has 0 bridgehead atoms. The average Bonchev–Trinajstić information content (AvgIpc) is 2.97. The maximum Gasteiger partial charge on any atom is 0.116 e. The Balaban J connectivity index is 2.07. The number of aryl methyl sites for hydroxylation is 1. The van der Waals surface area contributed by atoms with Crippen molar-refractivity contribution >= 4 is 32.3 Å². The van der Waals surface area contributed by atoms with Crippen molar-refractivity contribution in [2.45, 2.75) is 6.92 Å². The zero-order chi connectivity index (χ0) is 13.5. The molecule has 0 unspecified atom stereocenters. The van der Waals surface area contributed by atoms with Gasteiger partial charge in [-0.2, -0.15) is 0 Å². The van der Waals surface area contributed by atoms with Gasteiger partial charge in [0.15, 0.2) is 0 Å². The molecule has 0 aliphatic carbocycles. The molecular weight excluding hydrogens is 264 g/mol. The van der Waals surface area contributed by atoms with Crippen LogP contribution in [0.5, 0.6) is 0 Å². The molecule has 0 amide bonds. The zero-order valence-electron chi connectivity index (χ0n) is 11.0. The predicted octanol–water partition coefficient (Wildman–Crippen LogP) is 4.82. The van der Waals surface area contributed by atoms with E-state index in [2.05, 4.69) is 58.7 Å². The second-order valence-electron chi connectivity index (χ2n) is 4.82. The normalized spacial score (nSPS) is 11.2. The Hall–Kier alpha value is -2.26. The molecule has 0 saturated carbocycles. The maximum absolute atomic E-state index is 4.52. The first-order chi connectivity index (χ1) is 9.84. The van der Waals surface area contributed by atoms with E-state index in [1.165, 1.54) is 21.9 Å². The largest absolute Gasteiger partial charge is 0.235 e. The number of thiophene rings is 1. The quantitative estimate of drug-likeness (QED) is 0.498. The maximum atomic E-state index is 4.52. The van der Waals surface area contributed by atoms with Gasteiger partial charge in [0.1, 0.15) is 6.33 Å². The fraction of sp³-hybridized carbons (Fsp3) is 0.0588. The monoisotopic (exact) mass is 276 g/mol. The Bertz CT molecular complexity index is 924. The minimum Gasteiger partial charge on any atom is -0.235 e. The van der Waals surface area contributed by atoms with Crippen LogP contribution >= 0.6 is 11.3 Å². The summed E-state index contributed by atoms with van der Waals surface area (Å²) in [7, 11) is 0. The molecule has 0 atom stereocenters. The SMILES string of the molecule is Cc1c(-c2ncnc3ccsc23)ccc2ccccc12. The topological polar surface area (TPSA) is 25.8 Å². The summed E-state index contributed by atoms with van der Waals surface area (Å²) >= 11 is 1.70. The second kappa shape index (κ2) is 4.39. The van der Waals surface area contributed by atoms with Gasteiger partial charge < -0.3 is 0 Å². The molecule has 3 heteroatoms. The van der Waals surface area contributed by atoms with Crippen LogP contribution in [-0.4, -0.2) is 9.97 Å². The predicted molar refractivity (Wildman–Crippen MR) is 85.1 cm³/mol. The lowest BCUT2D eigenvalue weighted by atomic mass is 9.98. The summed E-state index contributed by atoms with van der Waals surface area (Å²) in [5.74, 6) is 0. The molecule has 20 heavy (non-hydrogen) atoms. The minimum absolute atomic E-state index is 1.02. The van der Waals surface area contributed by atoms with Crippen LogP contribution in [0.1, 0.15) is 5.56 Å². The first-order valence-corrected chi connectivity index (χ1v) is 7.39. The van der Waals surface area contributed by atoms with Gasteiger partial charge >= 0.3 is 0 Å². The molecule has 4 rings (SSSR count). The summed E-state index contributed by atoms with van der Waals surface area (Å²) in [6.45, 7) is 2.17. The Morgan fingerprint density at radius 1 is 0.950 bits per heavy atom. The van der Waals surface area contributed by atoms with E-state index in [0.717, 1.165) is 15.9 Å². The third kappa shape index (κ3) is 1.63. The number of rotatable bonds is 1. The fourth-order valence-corrected chi connectivity index (χ4v) is 3.51. The molecule has 2 aromatic carbocycles. The Kier molecular flexibility index (Phi) is 2.54. The summed E-state index contributed by atoms with van der Waals surface area (Å²) in [4.78, 5) is 8.83. The van der Waals surface area contributed by atoms with E-state index in [1.807, 2.05) is 6.07 Å². The third-order valence-electron chi connectivity index (χ3n) is 3.70. The lowest BCUT2D eigenvalue weighted by Crippen LogP contribution is -1.90. The minimum atomic E-state index is 1.02. The van der Waals surface area contributed by atoms with Crippen molar-refractivity contribution in [2.24, 2.45) is 0 Å². The lowest BCUT2D eigenvalue weighted by Gasteiger charge is -2.09. The van der Waals surface area contributed by atoms with Gasteiger partial charge in [-0.25, -0.2) is 9.97 Å². The second-order valence-corrected chi connectivity index (χ2v) is 5.73. The molecule has 0 fully saturated rings.